The van der Waals surface area contributed by atoms with Crippen LogP contribution in [0.25, 0.3) is 0 Å². The zero-order chi connectivity index (χ0) is 15.4. The lowest BCUT2D eigenvalue weighted by atomic mass is 9.42. The second kappa shape index (κ2) is 4.82. The summed E-state index contributed by atoms with van der Waals surface area (Å²) in [5.74, 6) is 0.875. The Labute approximate surface area is 132 Å². The molecule has 0 spiro atoms. The van der Waals surface area contributed by atoms with E-state index in [1.54, 1.807) is 0 Å². The molecular weight excluding hydrogens is 274 g/mol. The number of benzene rings is 1. The van der Waals surface area contributed by atoms with Crippen molar-refractivity contribution in [3.8, 4) is 0 Å². The molecule has 2 N–H and O–H groups in total. The molecule has 1 aromatic rings. The highest BCUT2D eigenvalue weighted by Crippen LogP contribution is 2.66. The van der Waals surface area contributed by atoms with E-state index in [2.05, 4.69) is 37.3 Å². The van der Waals surface area contributed by atoms with Crippen molar-refractivity contribution in [2.45, 2.75) is 50.5 Å². The largest absolute Gasteiger partial charge is 0.378 e. The number of hydrogen-bond acceptors (Lipinski definition) is 2. The Kier molecular flexibility index (Phi) is 3.12. The molecule has 2 atom stereocenters. The van der Waals surface area contributed by atoms with Crippen LogP contribution in [0.3, 0.4) is 0 Å². The fraction of sp³-hybridized carbons (Fsp3) is 0.632. The monoisotopic (exact) mass is 299 g/mol. The molecule has 0 radical (unpaired) electrons. The Morgan fingerprint density at radius 3 is 2.36 bits per heavy atom. The lowest BCUT2D eigenvalue weighted by Crippen LogP contribution is -2.63. The Morgan fingerprint density at radius 1 is 1.18 bits per heavy atom. The Hall–Kier alpha value is -1.35. The molecule has 1 amide bonds. The standard InChI is InChI=1S/C19H25NO2/c1-2-22-16-13-8-18(15-6-4-3-5-7-15)9-14(16)11-19(10-13,12-18)17(20)21/h3-7,13-14,16H,2,8-12H2,1H3,(H2,20,21). The first-order valence-corrected chi connectivity index (χ1v) is 8.56. The van der Waals surface area contributed by atoms with Gasteiger partial charge in [0, 0.05) is 6.61 Å². The zero-order valence-corrected chi connectivity index (χ0v) is 13.3. The minimum Gasteiger partial charge on any atom is -0.378 e. The van der Waals surface area contributed by atoms with Crippen LogP contribution >= 0.6 is 0 Å². The maximum atomic E-state index is 12.3. The van der Waals surface area contributed by atoms with Crippen molar-refractivity contribution in [3.63, 3.8) is 0 Å². The summed E-state index contributed by atoms with van der Waals surface area (Å²) in [6, 6.07) is 10.8. The average Bonchev–Trinajstić information content (AvgIpc) is 2.51. The summed E-state index contributed by atoms with van der Waals surface area (Å²) in [7, 11) is 0. The Bertz CT molecular complexity index is 566. The summed E-state index contributed by atoms with van der Waals surface area (Å²) in [6.45, 7) is 2.83. The normalized spacial score (nSPS) is 42.5. The molecule has 118 valence electrons. The quantitative estimate of drug-likeness (QED) is 0.929. The van der Waals surface area contributed by atoms with E-state index in [-0.39, 0.29) is 16.7 Å². The van der Waals surface area contributed by atoms with Crippen molar-refractivity contribution in [1.29, 1.82) is 0 Å². The van der Waals surface area contributed by atoms with Crippen LogP contribution in [0.1, 0.15) is 44.6 Å². The first-order chi connectivity index (χ1) is 10.6. The first-order valence-electron chi connectivity index (χ1n) is 8.56. The van der Waals surface area contributed by atoms with Gasteiger partial charge >= 0.3 is 0 Å². The summed E-state index contributed by atoms with van der Waals surface area (Å²) in [6.07, 6.45) is 5.41. The van der Waals surface area contributed by atoms with E-state index in [1.807, 2.05) is 0 Å². The number of primary amides is 1. The van der Waals surface area contributed by atoms with Crippen molar-refractivity contribution >= 4 is 5.91 Å². The summed E-state index contributed by atoms with van der Waals surface area (Å²) >= 11 is 0. The molecule has 0 saturated heterocycles. The Balaban J connectivity index is 1.76. The highest BCUT2D eigenvalue weighted by molar-refractivity contribution is 5.81. The van der Waals surface area contributed by atoms with E-state index in [1.165, 1.54) is 5.56 Å². The lowest BCUT2D eigenvalue weighted by molar-refractivity contribution is -0.177. The van der Waals surface area contributed by atoms with Crippen LogP contribution in [0.4, 0.5) is 0 Å². The SMILES string of the molecule is CCOC1C2CC3(C(N)=O)CC1CC(c1ccccc1)(C2)C3. The summed E-state index contributed by atoms with van der Waals surface area (Å²) in [4.78, 5) is 12.3. The van der Waals surface area contributed by atoms with Crippen molar-refractivity contribution in [1.82, 2.24) is 0 Å². The van der Waals surface area contributed by atoms with Gasteiger partial charge in [0.25, 0.3) is 0 Å². The fourth-order valence-electron chi connectivity index (χ4n) is 5.99. The minimum absolute atomic E-state index is 0.0860. The molecule has 4 bridgehead atoms. The topological polar surface area (TPSA) is 52.3 Å². The number of rotatable bonds is 4. The van der Waals surface area contributed by atoms with E-state index >= 15 is 0 Å². The molecule has 2 unspecified atom stereocenters. The summed E-state index contributed by atoms with van der Waals surface area (Å²) in [5.41, 5.74) is 7.10. The van der Waals surface area contributed by atoms with Gasteiger partial charge in [-0.3, -0.25) is 4.79 Å². The molecule has 4 aliphatic carbocycles. The molecule has 4 saturated carbocycles. The second-order valence-corrected chi connectivity index (χ2v) is 7.72. The van der Waals surface area contributed by atoms with Crippen LogP contribution in [-0.4, -0.2) is 18.6 Å². The van der Waals surface area contributed by atoms with Gasteiger partial charge in [0.2, 0.25) is 5.91 Å². The molecule has 22 heavy (non-hydrogen) atoms. The smallest absolute Gasteiger partial charge is 0.223 e. The molecule has 3 heteroatoms. The van der Waals surface area contributed by atoms with Gasteiger partial charge in [-0.1, -0.05) is 30.3 Å². The van der Waals surface area contributed by atoms with Gasteiger partial charge in [-0.25, -0.2) is 0 Å². The average molecular weight is 299 g/mol. The fourth-order valence-corrected chi connectivity index (χ4v) is 5.99. The molecule has 4 fully saturated rings. The highest BCUT2D eigenvalue weighted by Gasteiger charge is 2.63. The van der Waals surface area contributed by atoms with Gasteiger partial charge in [0.05, 0.1) is 11.5 Å². The second-order valence-electron chi connectivity index (χ2n) is 7.72. The third kappa shape index (κ3) is 1.88. The number of hydrogen-bond donors (Lipinski definition) is 1. The van der Waals surface area contributed by atoms with Gasteiger partial charge in [-0.15, -0.1) is 0 Å². The van der Waals surface area contributed by atoms with Crippen molar-refractivity contribution in [3.05, 3.63) is 35.9 Å². The highest BCUT2D eigenvalue weighted by atomic mass is 16.5. The Morgan fingerprint density at radius 2 is 1.82 bits per heavy atom. The number of nitrogens with two attached hydrogens (primary N) is 1. The molecule has 0 heterocycles. The predicted molar refractivity (Wildman–Crippen MR) is 85.2 cm³/mol. The van der Waals surface area contributed by atoms with Gasteiger partial charge in [0.1, 0.15) is 0 Å². The van der Waals surface area contributed by atoms with Crippen molar-refractivity contribution in [2.24, 2.45) is 23.0 Å². The molecule has 5 rings (SSSR count). The maximum absolute atomic E-state index is 12.3. The minimum atomic E-state index is -0.296. The van der Waals surface area contributed by atoms with Crippen LogP contribution < -0.4 is 5.73 Å². The molecule has 1 aromatic carbocycles. The summed E-state index contributed by atoms with van der Waals surface area (Å²) < 4.78 is 6.07. The van der Waals surface area contributed by atoms with Crippen molar-refractivity contribution < 1.29 is 9.53 Å². The van der Waals surface area contributed by atoms with E-state index in [9.17, 15) is 4.79 Å². The molecular formula is C19H25NO2. The van der Waals surface area contributed by atoms with Crippen molar-refractivity contribution in [2.75, 3.05) is 6.61 Å². The number of carbonyl (C=O) groups excluding carboxylic acids is 1. The van der Waals surface area contributed by atoms with Crippen LogP contribution in [-0.2, 0) is 14.9 Å². The van der Waals surface area contributed by atoms with E-state index in [0.29, 0.717) is 17.9 Å². The maximum Gasteiger partial charge on any atom is 0.223 e. The number of amides is 1. The first kappa shape index (κ1) is 14.3. The third-order valence-corrected chi connectivity index (χ3v) is 6.49. The van der Waals surface area contributed by atoms with Gasteiger partial charge in [-0.2, -0.15) is 0 Å². The number of carbonyl (C=O) groups is 1. The molecule has 0 aliphatic heterocycles. The number of ether oxygens (including phenoxy) is 1. The van der Waals surface area contributed by atoms with Gasteiger partial charge in [-0.05, 0) is 61.8 Å². The molecule has 4 aliphatic rings. The van der Waals surface area contributed by atoms with Crippen LogP contribution in [0.2, 0.25) is 0 Å². The van der Waals surface area contributed by atoms with Crippen LogP contribution in [0, 0.1) is 17.3 Å². The van der Waals surface area contributed by atoms with E-state index in [4.69, 9.17) is 10.5 Å². The van der Waals surface area contributed by atoms with E-state index in [0.717, 1.165) is 38.7 Å². The van der Waals surface area contributed by atoms with Crippen LogP contribution in [0.15, 0.2) is 30.3 Å². The van der Waals surface area contributed by atoms with Gasteiger partial charge < -0.3 is 10.5 Å². The predicted octanol–water partition coefficient (Wildman–Crippen LogP) is 3.02. The molecule has 0 aromatic heterocycles. The van der Waals surface area contributed by atoms with Gasteiger partial charge in [0.15, 0.2) is 0 Å². The molecule has 3 nitrogen and oxygen atoms in total. The third-order valence-electron chi connectivity index (χ3n) is 6.49. The zero-order valence-electron chi connectivity index (χ0n) is 13.3. The summed E-state index contributed by atoms with van der Waals surface area (Å²) in [5, 5.41) is 0. The lowest BCUT2D eigenvalue weighted by Gasteiger charge is -2.63. The van der Waals surface area contributed by atoms with Crippen LogP contribution in [0.5, 0.6) is 0 Å². The van der Waals surface area contributed by atoms with E-state index < -0.39 is 0 Å².